The van der Waals surface area contributed by atoms with Gasteiger partial charge in [0.25, 0.3) is 0 Å². The van der Waals surface area contributed by atoms with Crippen molar-refractivity contribution < 1.29 is 29.2 Å². The van der Waals surface area contributed by atoms with E-state index in [1.54, 1.807) is 36.5 Å². The summed E-state index contributed by atoms with van der Waals surface area (Å²) in [4.78, 5) is 17.0. The number of nitrogens with one attached hydrogen (secondary N) is 1. The first-order valence-electron chi connectivity index (χ1n) is 9.66. The minimum Gasteiger partial charge on any atom is -0.493 e. The average Bonchev–Trinajstić information content (AvgIpc) is 3.21. The Labute approximate surface area is 194 Å². The van der Waals surface area contributed by atoms with Gasteiger partial charge < -0.3 is 29.4 Å². The van der Waals surface area contributed by atoms with Gasteiger partial charge in [-0.3, -0.25) is 4.79 Å². The van der Waals surface area contributed by atoms with E-state index in [1.807, 2.05) is 6.07 Å². The third-order valence-corrected chi connectivity index (χ3v) is 6.16. The molecule has 170 valence electrons. The molecular weight excluding hydrogens is 454 g/mol. The summed E-state index contributed by atoms with van der Waals surface area (Å²) < 4.78 is 16.1. The normalized spacial score (nSPS) is 12.6. The number of methoxy groups -OCH3 is 3. The quantitative estimate of drug-likeness (QED) is 0.298. The molecule has 0 radical (unpaired) electrons. The Bertz CT molecular complexity index is 1120. The molecular formula is C23H24ClNO6S. The summed E-state index contributed by atoms with van der Waals surface area (Å²) in [5.74, 6) is 0.956. The van der Waals surface area contributed by atoms with Crippen molar-refractivity contribution in [1.29, 1.82) is 0 Å². The van der Waals surface area contributed by atoms with Crippen molar-refractivity contribution >= 4 is 46.1 Å². The molecule has 2 aromatic carbocycles. The fourth-order valence-electron chi connectivity index (χ4n) is 3.15. The standard InChI is InChI=1S/C23H24ClNO6S/c1-29-19-6-13(7-20(30-2)23(19)31-3)22(28)21(32-12-16(27)11-26)8-14-10-25-18-9-15(24)4-5-17(14)18/h4-10,16,25-27H,11-12H2,1-3H3. The maximum atomic E-state index is 13.5. The van der Waals surface area contributed by atoms with Gasteiger partial charge in [-0.1, -0.05) is 17.7 Å². The molecule has 1 atom stereocenters. The number of ketones is 1. The molecule has 0 saturated carbocycles. The van der Waals surface area contributed by atoms with Gasteiger partial charge in [0.1, 0.15) is 0 Å². The number of thioether (sulfide) groups is 1. The molecule has 0 aliphatic rings. The third kappa shape index (κ3) is 5.21. The number of aromatic amines is 1. The van der Waals surface area contributed by atoms with E-state index in [0.29, 0.717) is 32.7 Å². The molecule has 1 aromatic heterocycles. The molecule has 3 N–H and O–H groups in total. The number of aliphatic hydroxyl groups is 2. The van der Waals surface area contributed by atoms with Crippen LogP contribution in [0.15, 0.2) is 41.4 Å². The Hall–Kier alpha value is -2.65. The second-order valence-electron chi connectivity index (χ2n) is 6.83. The molecule has 0 aliphatic heterocycles. The predicted molar refractivity (Wildman–Crippen MR) is 127 cm³/mol. The van der Waals surface area contributed by atoms with E-state index in [2.05, 4.69) is 4.98 Å². The summed E-state index contributed by atoms with van der Waals surface area (Å²) in [6.45, 7) is -0.399. The number of aromatic nitrogens is 1. The van der Waals surface area contributed by atoms with Crippen LogP contribution in [-0.2, 0) is 0 Å². The summed E-state index contributed by atoms with van der Waals surface area (Å²) in [6.07, 6.45) is 2.57. The van der Waals surface area contributed by atoms with Crippen LogP contribution in [0.1, 0.15) is 15.9 Å². The van der Waals surface area contributed by atoms with Gasteiger partial charge in [-0.15, -0.1) is 11.8 Å². The van der Waals surface area contributed by atoms with Crippen LogP contribution in [0, 0.1) is 0 Å². The number of rotatable bonds is 10. The number of H-pyrrole nitrogens is 1. The highest BCUT2D eigenvalue weighted by atomic mass is 35.5. The van der Waals surface area contributed by atoms with Crippen LogP contribution in [0.5, 0.6) is 17.2 Å². The van der Waals surface area contributed by atoms with Crippen molar-refractivity contribution in [2.45, 2.75) is 6.10 Å². The molecule has 0 aliphatic carbocycles. The Kier molecular flexibility index (Phi) is 8.09. The van der Waals surface area contributed by atoms with E-state index in [9.17, 15) is 15.0 Å². The molecule has 0 fully saturated rings. The molecule has 0 saturated heterocycles. The zero-order valence-corrected chi connectivity index (χ0v) is 19.4. The molecule has 3 aromatic rings. The van der Waals surface area contributed by atoms with E-state index in [0.717, 1.165) is 28.2 Å². The lowest BCUT2D eigenvalue weighted by Crippen LogP contribution is -2.16. The molecule has 9 heteroatoms. The van der Waals surface area contributed by atoms with E-state index in [1.165, 1.54) is 21.3 Å². The maximum Gasteiger partial charge on any atom is 0.203 e. The molecule has 0 bridgehead atoms. The van der Waals surface area contributed by atoms with E-state index in [-0.39, 0.29) is 11.5 Å². The maximum absolute atomic E-state index is 13.5. The van der Waals surface area contributed by atoms with Gasteiger partial charge in [-0.2, -0.15) is 0 Å². The van der Waals surface area contributed by atoms with Crippen LogP contribution < -0.4 is 14.2 Å². The lowest BCUT2D eigenvalue weighted by atomic mass is 10.1. The fraction of sp³-hybridized carbons (Fsp3) is 0.261. The third-order valence-electron chi connectivity index (χ3n) is 4.76. The first-order valence-corrected chi connectivity index (χ1v) is 11.0. The fourth-order valence-corrected chi connectivity index (χ4v) is 4.26. The Morgan fingerprint density at radius 3 is 2.44 bits per heavy atom. The zero-order valence-electron chi connectivity index (χ0n) is 17.8. The monoisotopic (exact) mass is 477 g/mol. The Balaban J connectivity index is 2.07. The molecule has 0 spiro atoms. The second-order valence-corrected chi connectivity index (χ2v) is 8.33. The number of halogens is 1. The van der Waals surface area contributed by atoms with Gasteiger partial charge in [0.15, 0.2) is 17.3 Å². The molecule has 0 amide bonds. The minimum absolute atomic E-state index is 0.146. The molecule has 7 nitrogen and oxygen atoms in total. The number of allylic oxidation sites excluding steroid dienone is 1. The number of hydrogen-bond donors (Lipinski definition) is 3. The topological polar surface area (TPSA) is 101 Å². The lowest BCUT2D eigenvalue weighted by molar-refractivity contribution is 0.104. The van der Waals surface area contributed by atoms with Crippen molar-refractivity contribution in [1.82, 2.24) is 4.98 Å². The Morgan fingerprint density at radius 2 is 1.84 bits per heavy atom. The van der Waals surface area contributed by atoms with Crippen molar-refractivity contribution in [2.24, 2.45) is 0 Å². The van der Waals surface area contributed by atoms with E-state index in [4.69, 9.17) is 25.8 Å². The van der Waals surface area contributed by atoms with Crippen LogP contribution in [0.3, 0.4) is 0 Å². The van der Waals surface area contributed by atoms with Gasteiger partial charge >= 0.3 is 0 Å². The first kappa shape index (κ1) is 24.0. The van der Waals surface area contributed by atoms with Gasteiger partial charge in [-0.25, -0.2) is 0 Å². The predicted octanol–water partition coefficient (Wildman–Crippen LogP) is 4.16. The number of carbonyl (C=O) groups excluding carboxylic acids is 1. The Morgan fingerprint density at radius 1 is 1.16 bits per heavy atom. The highest BCUT2D eigenvalue weighted by molar-refractivity contribution is 8.04. The van der Waals surface area contributed by atoms with Crippen LogP contribution in [0.4, 0.5) is 0 Å². The zero-order chi connectivity index (χ0) is 23.3. The van der Waals surface area contributed by atoms with Gasteiger partial charge in [0, 0.05) is 39.0 Å². The van der Waals surface area contributed by atoms with Crippen molar-refractivity contribution in [3.63, 3.8) is 0 Å². The number of aliphatic hydroxyl groups excluding tert-OH is 2. The summed E-state index contributed by atoms with van der Waals surface area (Å²) in [7, 11) is 4.44. The van der Waals surface area contributed by atoms with Gasteiger partial charge in [0.2, 0.25) is 5.75 Å². The highest BCUT2D eigenvalue weighted by Gasteiger charge is 2.21. The number of Topliss-reactive ketones (excluding diaryl/α,β-unsaturated/α-hetero) is 1. The molecule has 1 unspecified atom stereocenters. The van der Waals surface area contributed by atoms with E-state index < -0.39 is 12.7 Å². The SMILES string of the molecule is COc1cc(C(=O)C(=Cc2c[nH]c3cc(Cl)ccc23)SCC(O)CO)cc(OC)c1OC. The highest BCUT2D eigenvalue weighted by Crippen LogP contribution is 2.39. The van der Waals surface area contributed by atoms with Crippen LogP contribution in [0.2, 0.25) is 5.02 Å². The molecule has 1 heterocycles. The largest absolute Gasteiger partial charge is 0.493 e. The molecule has 32 heavy (non-hydrogen) atoms. The van der Waals surface area contributed by atoms with Crippen LogP contribution in [0.25, 0.3) is 17.0 Å². The van der Waals surface area contributed by atoms with Crippen molar-refractivity contribution in [3.05, 3.63) is 57.6 Å². The lowest BCUT2D eigenvalue weighted by Gasteiger charge is -2.15. The summed E-state index contributed by atoms with van der Waals surface area (Å²) in [5, 5.41) is 20.5. The number of ether oxygens (including phenoxy) is 3. The van der Waals surface area contributed by atoms with Crippen molar-refractivity contribution in [2.75, 3.05) is 33.7 Å². The minimum atomic E-state index is -0.960. The average molecular weight is 478 g/mol. The van der Waals surface area contributed by atoms with Crippen LogP contribution in [-0.4, -0.2) is 60.8 Å². The second kappa shape index (κ2) is 10.8. The van der Waals surface area contributed by atoms with E-state index >= 15 is 0 Å². The smallest absolute Gasteiger partial charge is 0.203 e. The number of benzene rings is 2. The first-order chi connectivity index (χ1) is 15.4. The summed E-state index contributed by atoms with van der Waals surface area (Å²) in [5.41, 5.74) is 1.96. The van der Waals surface area contributed by atoms with Gasteiger partial charge in [-0.05, 0) is 30.3 Å². The van der Waals surface area contributed by atoms with Crippen molar-refractivity contribution in [3.8, 4) is 17.2 Å². The van der Waals surface area contributed by atoms with Crippen LogP contribution >= 0.6 is 23.4 Å². The van der Waals surface area contributed by atoms with Gasteiger partial charge in [0.05, 0.1) is 38.9 Å². The number of carbonyl (C=O) groups is 1. The number of hydrogen-bond acceptors (Lipinski definition) is 7. The number of fused-ring (bicyclic) bond motifs is 1. The summed E-state index contributed by atoms with van der Waals surface area (Å²) >= 11 is 7.22. The molecule has 3 rings (SSSR count). The summed E-state index contributed by atoms with van der Waals surface area (Å²) in [6, 6.07) is 8.61.